The average molecular weight is 767 g/mol. The van der Waals surface area contributed by atoms with Crippen LogP contribution < -0.4 is 14.7 Å². The molecule has 10 nitrogen and oxygen atoms in total. The average Bonchev–Trinajstić information content (AvgIpc) is 3.60. The molecule has 1 spiro atoms. The number of rotatable bonds is 8. The van der Waals surface area contributed by atoms with E-state index in [1.54, 1.807) is 27.8 Å². The van der Waals surface area contributed by atoms with Crippen molar-refractivity contribution in [1.82, 2.24) is 4.90 Å². The van der Waals surface area contributed by atoms with Crippen molar-refractivity contribution in [3.63, 3.8) is 0 Å². The number of fused-ring (bicyclic) bond motifs is 3. The highest BCUT2D eigenvalue weighted by Gasteiger charge is 2.67. The van der Waals surface area contributed by atoms with Gasteiger partial charge in [0.2, 0.25) is 26.1 Å². The minimum absolute atomic E-state index is 0.0225. The Morgan fingerprint density at radius 2 is 1.53 bits per heavy atom. The Hall–Kier alpha value is -4.39. The Bertz CT molecular complexity index is 2000. The van der Waals surface area contributed by atoms with Gasteiger partial charge in [-0.1, -0.05) is 43.3 Å². The lowest BCUT2D eigenvalue weighted by atomic mass is 9.82. The third kappa shape index (κ3) is 6.59. The monoisotopic (exact) mass is 766 g/mol. The maximum absolute atomic E-state index is 16.7. The quantitative estimate of drug-likeness (QED) is 0.211. The second-order valence-electron chi connectivity index (χ2n) is 16.6. The van der Waals surface area contributed by atoms with Crippen molar-refractivity contribution in [2.75, 3.05) is 34.4 Å². The van der Waals surface area contributed by atoms with E-state index in [1.807, 2.05) is 78.6 Å². The highest BCUT2D eigenvalue weighted by Crippen LogP contribution is 2.61. The number of carbonyl (C=O) groups excluding carboxylic acids is 4. The number of amides is 4. The summed E-state index contributed by atoms with van der Waals surface area (Å²) >= 11 is 0. The molecule has 0 saturated carbocycles. The number of piperidine rings is 2. The van der Waals surface area contributed by atoms with Gasteiger partial charge in [0.05, 0.1) is 37.4 Å². The summed E-state index contributed by atoms with van der Waals surface area (Å²) in [6.07, 6.45) is 4.04. The van der Waals surface area contributed by atoms with E-state index in [1.165, 1.54) is 0 Å². The molecule has 290 valence electrons. The van der Waals surface area contributed by atoms with Crippen LogP contribution in [0.25, 0.3) is 0 Å². The fourth-order valence-electron chi connectivity index (χ4n) is 10.0. The Labute approximate surface area is 323 Å². The topological polar surface area (TPSA) is 111 Å². The lowest BCUT2D eigenvalue weighted by Crippen LogP contribution is -2.48. The predicted molar refractivity (Wildman–Crippen MR) is 211 cm³/mol. The number of ether oxygens (including phenoxy) is 1. The molecule has 1 N–H and O–H groups in total. The second kappa shape index (κ2) is 14.6. The van der Waals surface area contributed by atoms with Crippen LogP contribution in [0.4, 0.5) is 21.2 Å². The summed E-state index contributed by atoms with van der Waals surface area (Å²) in [5.74, 6) is -1.05. The largest absolute Gasteiger partial charge is 0.394 e. The molecule has 55 heavy (non-hydrogen) atoms. The first-order chi connectivity index (χ1) is 26.4. The number of halogens is 1. The molecule has 0 aliphatic carbocycles. The molecule has 0 unspecified atom stereocenters. The molecule has 3 aromatic rings. The smallest absolute Gasteiger partial charge is 0.264 e. The molecule has 8 rings (SSSR count). The van der Waals surface area contributed by atoms with Crippen LogP contribution in [-0.4, -0.2) is 73.9 Å². The lowest BCUT2D eigenvalue weighted by Gasteiger charge is -2.37. The van der Waals surface area contributed by atoms with E-state index in [-0.39, 0.29) is 43.2 Å². The van der Waals surface area contributed by atoms with Gasteiger partial charge < -0.3 is 33.6 Å². The normalized spacial score (nSPS) is 26.9. The highest BCUT2D eigenvalue weighted by atomic mass is 28.4. The van der Waals surface area contributed by atoms with Crippen LogP contribution >= 0.6 is 0 Å². The van der Waals surface area contributed by atoms with Gasteiger partial charge in [-0.05, 0) is 92.2 Å². The van der Waals surface area contributed by atoms with Crippen LogP contribution in [0, 0.1) is 5.92 Å². The van der Waals surface area contributed by atoms with Gasteiger partial charge >= 0.3 is 0 Å². The van der Waals surface area contributed by atoms with E-state index < -0.39 is 37.6 Å². The molecular formula is C43H51FN4O6Si. The number of hydrogen-bond donors (Lipinski definition) is 1. The van der Waals surface area contributed by atoms with Crippen LogP contribution in [0.15, 0.2) is 66.7 Å². The summed E-state index contributed by atoms with van der Waals surface area (Å²) in [6, 6.07) is 20.8. The van der Waals surface area contributed by atoms with Crippen molar-refractivity contribution in [1.29, 1.82) is 0 Å². The molecule has 3 aromatic carbocycles. The van der Waals surface area contributed by atoms with Crippen LogP contribution in [0.1, 0.15) is 74.1 Å². The fourth-order valence-corrected chi connectivity index (χ4v) is 12.5. The zero-order chi connectivity index (χ0) is 38.6. The van der Waals surface area contributed by atoms with Crippen molar-refractivity contribution in [3.8, 4) is 0 Å². The molecule has 12 heteroatoms. The predicted octanol–water partition coefficient (Wildman–Crippen LogP) is 6.38. The molecule has 0 bridgehead atoms. The standard InChI is InChI=1S/C43H51FN4O6Si/c1-28-41(55(2,3)44)37(24-40(52)47-26-31-11-5-4-10-30(31)22-34(47)27-49)54-43(28)35-23-33(46-21-9-7-13-39(46)51)18-19-36(35)48(42(43)53)25-29-14-16-32(17-15-29)45-20-8-6-12-38(45)50/h4-5,10-11,14-19,23,28,34,37,41,49H,6-9,12-13,20-22,24-27H2,1-3H3/t28-,34-,37+,41-,43+/m0/s1. The minimum Gasteiger partial charge on any atom is -0.394 e. The Kier molecular flexibility index (Phi) is 9.96. The fraction of sp³-hybridized carbons (Fsp3) is 0.488. The number of carbonyl (C=O) groups is 4. The molecule has 0 radical (unpaired) electrons. The van der Waals surface area contributed by atoms with E-state index in [0.717, 1.165) is 48.1 Å². The zero-order valence-electron chi connectivity index (χ0n) is 32.0. The lowest BCUT2D eigenvalue weighted by molar-refractivity contribution is -0.151. The minimum atomic E-state index is -3.59. The molecule has 3 fully saturated rings. The first-order valence-electron chi connectivity index (χ1n) is 19.9. The second-order valence-corrected chi connectivity index (χ2v) is 20.4. The molecule has 5 atom stereocenters. The number of anilines is 3. The summed E-state index contributed by atoms with van der Waals surface area (Å²) in [7, 11) is -3.59. The highest BCUT2D eigenvalue weighted by molar-refractivity contribution is 6.72. The van der Waals surface area contributed by atoms with Crippen molar-refractivity contribution >= 4 is 49.1 Å². The molecule has 5 heterocycles. The van der Waals surface area contributed by atoms with Crippen LogP contribution in [0.5, 0.6) is 0 Å². The van der Waals surface area contributed by atoms with Gasteiger partial charge in [-0.25, -0.2) is 0 Å². The first-order valence-corrected chi connectivity index (χ1v) is 22.9. The Morgan fingerprint density at radius 1 is 0.891 bits per heavy atom. The van der Waals surface area contributed by atoms with Gasteiger partial charge in [-0.15, -0.1) is 0 Å². The summed E-state index contributed by atoms with van der Waals surface area (Å²) in [6.45, 7) is 6.73. The van der Waals surface area contributed by atoms with Gasteiger partial charge in [-0.2, -0.15) is 0 Å². The molecule has 5 aliphatic heterocycles. The number of aliphatic hydroxyl groups is 1. The summed E-state index contributed by atoms with van der Waals surface area (Å²) in [4.78, 5) is 62.2. The van der Waals surface area contributed by atoms with E-state index >= 15 is 8.90 Å². The van der Waals surface area contributed by atoms with E-state index in [0.29, 0.717) is 55.8 Å². The van der Waals surface area contributed by atoms with Crippen molar-refractivity contribution in [2.45, 2.75) is 108 Å². The Balaban J connectivity index is 1.15. The van der Waals surface area contributed by atoms with E-state index in [4.69, 9.17) is 4.74 Å². The van der Waals surface area contributed by atoms with Crippen molar-refractivity contribution < 1.29 is 33.1 Å². The van der Waals surface area contributed by atoms with E-state index in [9.17, 15) is 19.5 Å². The first kappa shape index (κ1) is 37.5. The van der Waals surface area contributed by atoms with Crippen molar-refractivity contribution in [2.24, 2.45) is 5.92 Å². The van der Waals surface area contributed by atoms with Crippen LogP contribution in [-0.2, 0) is 49.0 Å². The van der Waals surface area contributed by atoms with Gasteiger partial charge in [0.15, 0.2) is 5.60 Å². The number of nitrogens with zero attached hydrogens (tertiary/aromatic N) is 4. The number of hydrogen-bond acceptors (Lipinski definition) is 6. The molecule has 3 saturated heterocycles. The molecular weight excluding hydrogens is 716 g/mol. The third-order valence-electron chi connectivity index (χ3n) is 12.8. The Morgan fingerprint density at radius 3 is 2.16 bits per heavy atom. The number of benzene rings is 3. The third-order valence-corrected chi connectivity index (χ3v) is 15.2. The molecule has 5 aliphatic rings. The van der Waals surface area contributed by atoms with Gasteiger partial charge in [-0.3, -0.25) is 19.2 Å². The SMILES string of the molecule is C[C@H]1[C@H]([Si](C)(C)F)[C@@H](CC(=O)N2Cc3ccccc3C[C@H]2CO)O[C@]12C(=O)N(Cc1ccc(N3CCCCC3=O)cc1)c1ccc(N3CCCCC3=O)cc12. The maximum Gasteiger partial charge on any atom is 0.264 e. The van der Waals surface area contributed by atoms with Gasteiger partial charge in [0, 0.05) is 60.9 Å². The van der Waals surface area contributed by atoms with Crippen LogP contribution in [0.3, 0.4) is 0 Å². The van der Waals surface area contributed by atoms with Crippen molar-refractivity contribution in [3.05, 3.63) is 89.0 Å². The zero-order valence-corrected chi connectivity index (χ0v) is 33.0. The summed E-state index contributed by atoms with van der Waals surface area (Å²) < 4.78 is 23.7. The van der Waals surface area contributed by atoms with Crippen LogP contribution in [0.2, 0.25) is 18.6 Å². The summed E-state index contributed by atoms with van der Waals surface area (Å²) in [5, 5.41) is 10.4. The van der Waals surface area contributed by atoms with Gasteiger partial charge in [0.1, 0.15) is 0 Å². The van der Waals surface area contributed by atoms with Gasteiger partial charge in [0.25, 0.3) is 5.91 Å². The molecule has 4 amide bonds. The maximum atomic E-state index is 16.7. The number of aliphatic hydroxyl groups excluding tert-OH is 1. The van der Waals surface area contributed by atoms with E-state index in [2.05, 4.69) is 0 Å². The summed E-state index contributed by atoms with van der Waals surface area (Å²) in [5.41, 5.74) is 3.42. The molecule has 0 aromatic heterocycles.